The SMILES string of the molecule is C[CH2][Al-]([CH2]C)([CH2]C)[CH2]/C=C/OC(C)C.[Li+]. The molecule has 0 saturated heterocycles. The van der Waals surface area contributed by atoms with Crippen molar-refractivity contribution < 1.29 is 23.6 Å². The van der Waals surface area contributed by atoms with E-state index in [0.29, 0.717) is 6.10 Å². The minimum absolute atomic E-state index is 0. The van der Waals surface area contributed by atoms with Crippen LogP contribution in [0.3, 0.4) is 0 Å². The first-order valence-electron chi connectivity index (χ1n) is 6.12. The van der Waals surface area contributed by atoms with E-state index in [-0.39, 0.29) is 18.9 Å². The van der Waals surface area contributed by atoms with Gasteiger partial charge in [0.15, 0.2) is 0 Å². The van der Waals surface area contributed by atoms with Crippen LogP contribution in [-0.2, 0) is 4.74 Å². The second kappa shape index (κ2) is 9.86. The summed E-state index contributed by atoms with van der Waals surface area (Å²) in [6, 6.07) is 0. The Labute approximate surface area is 111 Å². The van der Waals surface area contributed by atoms with Gasteiger partial charge >= 0.3 is 18.9 Å². The van der Waals surface area contributed by atoms with E-state index >= 15 is 0 Å². The van der Waals surface area contributed by atoms with Crippen molar-refractivity contribution in [2.24, 2.45) is 0 Å². The molecule has 0 aliphatic carbocycles. The fraction of sp³-hybridized carbons (Fsp3) is 0.833. The molecule has 0 amide bonds. The van der Waals surface area contributed by atoms with Gasteiger partial charge in [-0.2, -0.15) is 21.1 Å². The van der Waals surface area contributed by atoms with Gasteiger partial charge in [-0.1, -0.05) is 6.08 Å². The van der Waals surface area contributed by atoms with Crippen molar-refractivity contribution >= 4 is 13.1 Å². The van der Waals surface area contributed by atoms with Crippen LogP contribution in [0.2, 0.25) is 21.1 Å². The van der Waals surface area contributed by atoms with Crippen LogP contribution in [0.15, 0.2) is 12.3 Å². The van der Waals surface area contributed by atoms with Gasteiger partial charge in [0.25, 0.3) is 0 Å². The van der Waals surface area contributed by atoms with Gasteiger partial charge in [0.2, 0.25) is 0 Å². The van der Waals surface area contributed by atoms with E-state index in [1.54, 1.807) is 0 Å². The molecule has 0 atom stereocenters. The Kier molecular flexibility index (Phi) is 11.9. The average Bonchev–Trinajstić information content (AvgIpc) is 2.19. The molecule has 1 nitrogen and oxygen atoms in total. The Morgan fingerprint density at radius 2 is 1.53 bits per heavy atom. The van der Waals surface area contributed by atoms with Crippen molar-refractivity contribution in [3.05, 3.63) is 12.3 Å². The Morgan fingerprint density at radius 1 is 1.07 bits per heavy atom. The van der Waals surface area contributed by atoms with Crippen molar-refractivity contribution in [1.82, 2.24) is 0 Å². The Morgan fingerprint density at radius 3 is 1.87 bits per heavy atom. The summed E-state index contributed by atoms with van der Waals surface area (Å²) in [6.45, 7) is 11.2. The van der Waals surface area contributed by atoms with Gasteiger partial charge in [-0.3, -0.25) is 0 Å². The predicted octanol–water partition coefficient (Wildman–Crippen LogP) is 1.44. The van der Waals surface area contributed by atoms with E-state index in [9.17, 15) is 0 Å². The first-order chi connectivity index (χ1) is 6.60. The van der Waals surface area contributed by atoms with Crippen LogP contribution in [0, 0.1) is 0 Å². The van der Waals surface area contributed by atoms with E-state index < -0.39 is 13.1 Å². The zero-order chi connectivity index (χ0) is 11.0. The molecular formula is C12H26AlLiO. The van der Waals surface area contributed by atoms with Gasteiger partial charge in [0.1, 0.15) is 13.1 Å². The van der Waals surface area contributed by atoms with Crippen LogP contribution in [0.25, 0.3) is 0 Å². The van der Waals surface area contributed by atoms with Crippen LogP contribution in [-0.4, -0.2) is 19.2 Å². The van der Waals surface area contributed by atoms with Crippen LogP contribution in [0.1, 0.15) is 34.6 Å². The Balaban J connectivity index is 0. The van der Waals surface area contributed by atoms with Crippen molar-refractivity contribution in [3.8, 4) is 0 Å². The van der Waals surface area contributed by atoms with Crippen molar-refractivity contribution in [2.75, 3.05) is 0 Å². The molecule has 84 valence electrons. The number of rotatable bonds is 7. The standard InChI is InChI=1S/C6H11O.3C2H5.Al.Li/c1-4-5-7-6(2)3;3*1-2;;/h4-6H,1H2,2-3H3;3*1H2,2H3;;/q;;;;-1;+1/b5-4+;;;;;. The Bertz CT molecular complexity index is 157. The van der Waals surface area contributed by atoms with Gasteiger partial charge in [0.05, 0.1) is 12.4 Å². The van der Waals surface area contributed by atoms with Gasteiger partial charge in [-0.15, -0.1) is 20.8 Å². The van der Waals surface area contributed by atoms with Crippen molar-refractivity contribution in [1.29, 1.82) is 0 Å². The maximum Gasteiger partial charge on any atom is 1.00 e. The molecule has 0 bridgehead atoms. The molecule has 0 aromatic carbocycles. The average molecular weight is 220 g/mol. The summed E-state index contributed by atoms with van der Waals surface area (Å²) in [5.74, 6) is 0. The first kappa shape index (κ1) is 18.0. The minimum Gasteiger partial charge on any atom is -0.499 e. The van der Waals surface area contributed by atoms with Gasteiger partial charge < -0.3 is 4.74 Å². The maximum absolute atomic E-state index is 5.42. The molecule has 0 aliphatic rings. The largest absolute Gasteiger partial charge is 1.00 e. The van der Waals surface area contributed by atoms with E-state index in [0.717, 1.165) is 0 Å². The van der Waals surface area contributed by atoms with Gasteiger partial charge in [-0.25, -0.2) is 0 Å². The molecule has 0 rings (SSSR count). The molecule has 3 heteroatoms. The molecule has 0 aromatic heterocycles. The van der Waals surface area contributed by atoms with Crippen LogP contribution >= 0.6 is 0 Å². The number of hydrogen-bond donors (Lipinski definition) is 0. The van der Waals surface area contributed by atoms with E-state index in [4.69, 9.17) is 4.74 Å². The third-order valence-electron chi connectivity index (χ3n) is 3.68. The predicted molar refractivity (Wildman–Crippen MR) is 67.4 cm³/mol. The third kappa shape index (κ3) is 7.54. The summed E-state index contributed by atoms with van der Waals surface area (Å²) in [5.41, 5.74) is 0. The van der Waals surface area contributed by atoms with Crippen LogP contribution < -0.4 is 18.9 Å². The molecule has 0 N–H and O–H groups in total. The fourth-order valence-electron chi connectivity index (χ4n) is 1.92. The monoisotopic (exact) mass is 220 g/mol. The normalized spacial score (nSPS) is 11.9. The summed E-state index contributed by atoms with van der Waals surface area (Å²) in [7, 11) is 0. The third-order valence-corrected chi connectivity index (χ3v) is 10.1. The number of allylic oxidation sites excluding steroid dienone is 1. The second-order valence-corrected chi connectivity index (χ2v) is 11.1. The van der Waals surface area contributed by atoms with E-state index in [2.05, 4.69) is 40.7 Å². The summed E-state index contributed by atoms with van der Waals surface area (Å²) >= 11 is -1.25. The molecule has 15 heavy (non-hydrogen) atoms. The number of ether oxygens (including phenoxy) is 1. The molecule has 0 fully saturated rings. The topological polar surface area (TPSA) is 9.23 Å². The van der Waals surface area contributed by atoms with E-state index in [1.807, 2.05) is 6.26 Å². The zero-order valence-corrected chi connectivity index (χ0v) is 12.7. The minimum atomic E-state index is -1.25. The molecule has 0 saturated carbocycles. The van der Waals surface area contributed by atoms with Crippen LogP contribution in [0.4, 0.5) is 0 Å². The van der Waals surface area contributed by atoms with Crippen molar-refractivity contribution in [2.45, 2.75) is 61.9 Å². The maximum atomic E-state index is 5.42. The van der Waals surface area contributed by atoms with Crippen LogP contribution in [0.5, 0.6) is 0 Å². The molecule has 0 radical (unpaired) electrons. The molecular weight excluding hydrogens is 194 g/mol. The summed E-state index contributed by atoms with van der Waals surface area (Å²) < 4.78 is 5.42. The quantitative estimate of drug-likeness (QED) is 0.466. The first-order valence-corrected chi connectivity index (χ1v) is 9.39. The van der Waals surface area contributed by atoms with Crippen molar-refractivity contribution in [3.63, 3.8) is 0 Å². The Hall–Kier alpha value is 0.670. The number of hydrogen-bond acceptors (Lipinski definition) is 1. The van der Waals surface area contributed by atoms with Gasteiger partial charge in [-0.05, 0) is 13.8 Å². The van der Waals surface area contributed by atoms with E-state index in [1.165, 1.54) is 21.1 Å². The second-order valence-electron chi connectivity index (χ2n) is 4.75. The molecule has 0 spiro atoms. The molecule has 0 unspecified atom stereocenters. The summed E-state index contributed by atoms with van der Waals surface area (Å²) in [4.78, 5) is 0. The molecule has 0 heterocycles. The summed E-state index contributed by atoms with van der Waals surface area (Å²) in [5, 5.41) is 5.58. The smallest absolute Gasteiger partial charge is 0.499 e. The zero-order valence-electron chi connectivity index (χ0n) is 11.5. The van der Waals surface area contributed by atoms with Gasteiger partial charge in [0, 0.05) is 0 Å². The molecule has 0 aromatic rings. The molecule has 0 aliphatic heterocycles. The summed E-state index contributed by atoms with van der Waals surface area (Å²) in [6.07, 6.45) is 4.47. The fourth-order valence-corrected chi connectivity index (χ4v) is 5.34.